The fourth-order valence-corrected chi connectivity index (χ4v) is 10.1. The van der Waals surface area contributed by atoms with E-state index in [1.54, 1.807) is 0 Å². The van der Waals surface area contributed by atoms with Gasteiger partial charge in [-0.2, -0.15) is 5.26 Å². The average Bonchev–Trinajstić information content (AvgIpc) is 3.72. The van der Waals surface area contributed by atoms with Crippen LogP contribution >= 0.6 is 0 Å². The van der Waals surface area contributed by atoms with Crippen molar-refractivity contribution in [2.45, 2.75) is 118 Å². The first kappa shape index (κ1) is 27.8. The standard InChI is InChI=1S/C35H48N2O3/c1-20(2)40-31(22-8-9-22)37-35-13-11-25-29(26(35)18-32(4,5)14-15-35)27(38)16-28-33(25,6)12-10-24-21(3)30(39)23(19-36)17-34(24,28)7/h16-17,20-21,24-26,29,37H,8-15,18H2,1-7H3. The predicted octanol–water partition coefficient (Wildman–Crippen LogP) is 7.20. The molecule has 0 heterocycles. The predicted molar refractivity (Wildman–Crippen MR) is 156 cm³/mol. The first-order valence-electron chi connectivity index (χ1n) is 15.9. The zero-order chi connectivity index (χ0) is 28.8. The number of fused-ring (bicyclic) bond motifs is 7. The number of nitriles is 1. The smallest absolute Gasteiger partial charge is 0.186 e. The van der Waals surface area contributed by atoms with Crippen molar-refractivity contribution in [2.24, 2.45) is 45.8 Å². The number of Topliss-reactive ketones (excluding diaryl/α,β-unsaturated/α-hetero) is 1. The Morgan fingerprint density at radius 2 is 1.73 bits per heavy atom. The summed E-state index contributed by atoms with van der Waals surface area (Å²) in [5.41, 5.74) is 2.40. The molecule has 8 unspecified atom stereocenters. The van der Waals surface area contributed by atoms with Crippen molar-refractivity contribution in [3.8, 4) is 6.07 Å². The molecule has 0 saturated heterocycles. The normalized spacial score (nSPS) is 43.3. The van der Waals surface area contributed by atoms with E-state index in [4.69, 9.17) is 4.74 Å². The third-order valence-corrected chi connectivity index (χ3v) is 12.3. The number of allylic oxidation sites excluding steroid dienone is 5. The van der Waals surface area contributed by atoms with Crippen LogP contribution in [-0.4, -0.2) is 23.2 Å². The van der Waals surface area contributed by atoms with Crippen LogP contribution in [0.1, 0.15) is 106 Å². The van der Waals surface area contributed by atoms with Gasteiger partial charge in [-0.25, -0.2) is 0 Å². The molecule has 8 atom stereocenters. The molecule has 6 aliphatic carbocycles. The van der Waals surface area contributed by atoms with Gasteiger partial charge in [0.15, 0.2) is 17.4 Å². The minimum Gasteiger partial charge on any atom is -0.477 e. The number of carbonyl (C=O) groups is 2. The van der Waals surface area contributed by atoms with Crippen LogP contribution in [0, 0.1) is 57.2 Å². The number of rotatable bonds is 4. The fourth-order valence-electron chi connectivity index (χ4n) is 10.1. The van der Waals surface area contributed by atoms with Crippen molar-refractivity contribution in [1.29, 1.82) is 5.26 Å². The van der Waals surface area contributed by atoms with E-state index in [0.29, 0.717) is 0 Å². The van der Waals surface area contributed by atoms with Crippen LogP contribution in [0.15, 0.2) is 34.8 Å². The van der Waals surface area contributed by atoms with Crippen LogP contribution in [0.4, 0.5) is 0 Å². The van der Waals surface area contributed by atoms with E-state index < -0.39 is 5.41 Å². The second-order valence-corrected chi connectivity index (χ2v) is 15.7. The van der Waals surface area contributed by atoms with E-state index >= 15 is 0 Å². The van der Waals surface area contributed by atoms with E-state index in [9.17, 15) is 14.9 Å². The molecule has 0 aromatic heterocycles. The quantitative estimate of drug-likeness (QED) is 0.379. The van der Waals surface area contributed by atoms with Gasteiger partial charge in [0.25, 0.3) is 0 Å². The van der Waals surface area contributed by atoms with Crippen LogP contribution in [0.3, 0.4) is 0 Å². The van der Waals surface area contributed by atoms with Gasteiger partial charge < -0.3 is 10.1 Å². The summed E-state index contributed by atoms with van der Waals surface area (Å²) in [6.07, 6.45) is 13.6. The Bertz CT molecular complexity index is 1270. The molecule has 5 heteroatoms. The summed E-state index contributed by atoms with van der Waals surface area (Å²) in [7, 11) is 0. The Morgan fingerprint density at radius 1 is 1.02 bits per heavy atom. The monoisotopic (exact) mass is 544 g/mol. The Morgan fingerprint density at radius 3 is 2.38 bits per heavy atom. The van der Waals surface area contributed by atoms with Crippen molar-refractivity contribution in [2.75, 3.05) is 0 Å². The highest BCUT2D eigenvalue weighted by molar-refractivity contribution is 6.02. The van der Waals surface area contributed by atoms with Crippen LogP contribution in [0.25, 0.3) is 0 Å². The largest absolute Gasteiger partial charge is 0.477 e. The van der Waals surface area contributed by atoms with Gasteiger partial charge in [-0.3, -0.25) is 9.59 Å². The SMILES string of the molecule is CC(C)OC(NC12CCC3C(C(=O)C=C4C5(C)C=C(C#N)C(=O)C(C)C5CCC43C)C1CC(C)(C)CC2)=C1CC1. The van der Waals surface area contributed by atoms with Crippen molar-refractivity contribution in [3.63, 3.8) is 0 Å². The molecule has 216 valence electrons. The number of nitrogens with one attached hydrogen (secondary N) is 1. The summed E-state index contributed by atoms with van der Waals surface area (Å²) in [6, 6.07) is 2.19. The number of ketones is 2. The maximum absolute atomic E-state index is 14.5. The third-order valence-electron chi connectivity index (χ3n) is 12.3. The molecular formula is C35H48N2O3. The first-order valence-corrected chi connectivity index (χ1v) is 15.9. The molecule has 4 fully saturated rings. The molecule has 0 aromatic rings. The van der Waals surface area contributed by atoms with Crippen LogP contribution in [0.5, 0.6) is 0 Å². The van der Waals surface area contributed by atoms with Crippen LogP contribution in [-0.2, 0) is 14.3 Å². The van der Waals surface area contributed by atoms with E-state index in [1.807, 2.05) is 19.1 Å². The van der Waals surface area contributed by atoms with Gasteiger partial charge in [0.2, 0.25) is 0 Å². The second kappa shape index (κ2) is 9.07. The molecule has 0 amide bonds. The molecule has 6 aliphatic rings. The maximum Gasteiger partial charge on any atom is 0.186 e. The second-order valence-electron chi connectivity index (χ2n) is 15.7. The molecule has 0 radical (unpaired) electrons. The van der Waals surface area contributed by atoms with E-state index in [2.05, 4.69) is 52.9 Å². The van der Waals surface area contributed by atoms with Gasteiger partial charge in [-0.15, -0.1) is 0 Å². The highest BCUT2D eigenvalue weighted by Gasteiger charge is 2.64. The summed E-state index contributed by atoms with van der Waals surface area (Å²) in [4.78, 5) is 27.4. The zero-order valence-corrected chi connectivity index (χ0v) is 25.7. The summed E-state index contributed by atoms with van der Waals surface area (Å²) in [6.45, 7) is 15.5. The molecule has 4 saturated carbocycles. The van der Waals surface area contributed by atoms with E-state index in [0.717, 1.165) is 63.7 Å². The van der Waals surface area contributed by atoms with Crippen LogP contribution < -0.4 is 5.32 Å². The highest BCUT2D eigenvalue weighted by Crippen LogP contribution is 2.68. The highest BCUT2D eigenvalue weighted by atomic mass is 16.5. The van der Waals surface area contributed by atoms with Crippen molar-refractivity contribution in [3.05, 3.63) is 34.8 Å². The van der Waals surface area contributed by atoms with Crippen molar-refractivity contribution >= 4 is 11.6 Å². The minimum atomic E-state index is -0.431. The minimum absolute atomic E-state index is 0.0127. The number of hydrogen-bond acceptors (Lipinski definition) is 5. The molecule has 6 rings (SSSR count). The van der Waals surface area contributed by atoms with Gasteiger partial charge in [-0.1, -0.05) is 46.3 Å². The Balaban J connectivity index is 1.43. The number of nitrogens with zero attached hydrogens (tertiary/aromatic N) is 1. The summed E-state index contributed by atoms with van der Waals surface area (Å²) in [5, 5.41) is 13.8. The first-order chi connectivity index (χ1) is 18.7. The molecule has 5 nitrogen and oxygen atoms in total. The van der Waals surface area contributed by atoms with Gasteiger partial charge >= 0.3 is 0 Å². The molecule has 0 aliphatic heterocycles. The molecule has 40 heavy (non-hydrogen) atoms. The Hall–Kier alpha value is -2.35. The average molecular weight is 545 g/mol. The maximum atomic E-state index is 14.5. The van der Waals surface area contributed by atoms with Crippen molar-refractivity contribution in [1.82, 2.24) is 5.32 Å². The lowest BCUT2D eigenvalue weighted by Gasteiger charge is -2.64. The van der Waals surface area contributed by atoms with E-state index in [-0.39, 0.29) is 69.2 Å². The van der Waals surface area contributed by atoms with Gasteiger partial charge in [-0.05, 0) is 112 Å². The zero-order valence-electron chi connectivity index (χ0n) is 25.7. The van der Waals surface area contributed by atoms with Crippen LogP contribution in [0.2, 0.25) is 0 Å². The van der Waals surface area contributed by atoms with Gasteiger partial charge in [0.05, 0.1) is 11.7 Å². The summed E-state index contributed by atoms with van der Waals surface area (Å²) < 4.78 is 6.36. The van der Waals surface area contributed by atoms with E-state index in [1.165, 1.54) is 11.1 Å². The topological polar surface area (TPSA) is 79.2 Å². The number of hydrogen-bond donors (Lipinski definition) is 1. The number of ether oxygens (including phenoxy) is 1. The summed E-state index contributed by atoms with van der Waals surface area (Å²) in [5.74, 6) is 1.70. The summed E-state index contributed by atoms with van der Waals surface area (Å²) >= 11 is 0. The molecule has 0 aromatic carbocycles. The molecule has 0 spiro atoms. The Labute approximate surface area is 240 Å². The lowest BCUT2D eigenvalue weighted by molar-refractivity contribution is -0.140. The van der Waals surface area contributed by atoms with Crippen molar-refractivity contribution < 1.29 is 14.3 Å². The molecule has 1 N–H and O–H groups in total. The fraction of sp³-hybridized carbons (Fsp3) is 0.743. The lowest BCUT2D eigenvalue weighted by atomic mass is 9.40. The number of carbonyl (C=O) groups excluding carboxylic acids is 2. The molecular weight excluding hydrogens is 496 g/mol. The third kappa shape index (κ3) is 4.06. The molecule has 0 bridgehead atoms. The Kier molecular flexibility index (Phi) is 6.31. The van der Waals surface area contributed by atoms with Gasteiger partial charge in [0.1, 0.15) is 6.07 Å². The lowest BCUT2D eigenvalue weighted by Crippen LogP contribution is -2.65. The van der Waals surface area contributed by atoms with Gasteiger partial charge in [0, 0.05) is 22.8 Å².